The first kappa shape index (κ1) is 11.9. The number of nitrogens with zero attached hydrogens (tertiary/aromatic N) is 1. The number of rotatable bonds is 3. The number of alkyl halides is 2. The molecule has 0 amide bonds. The van der Waals surface area contributed by atoms with Gasteiger partial charge in [0.15, 0.2) is 0 Å². The summed E-state index contributed by atoms with van der Waals surface area (Å²) in [5.74, 6) is -3.21. The maximum Gasteiger partial charge on any atom is 0.265 e. The van der Waals surface area contributed by atoms with E-state index in [1.165, 1.54) is 0 Å². The van der Waals surface area contributed by atoms with Crippen LogP contribution in [0.1, 0.15) is 20.3 Å². The van der Waals surface area contributed by atoms with E-state index in [0.717, 1.165) is 6.54 Å². The summed E-state index contributed by atoms with van der Waals surface area (Å²) in [6, 6.07) is 0. The number of hydrogen-bond donors (Lipinski definition) is 0. The minimum Gasteiger partial charge on any atom is -0.378 e. The van der Waals surface area contributed by atoms with Crippen LogP contribution in [0.2, 0.25) is 0 Å². The third kappa shape index (κ3) is 3.17. The molecule has 1 saturated heterocycles. The van der Waals surface area contributed by atoms with Crippen molar-refractivity contribution in [3.8, 4) is 0 Å². The molecular formula is C10H19F2NO. The standard InChI is InChI=1S/C10H19F2NO/c1-8(2)14-6-9-4-5-13(3)7-10(9,11)12/h8-9H,4-7H2,1-3H3. The fourth-order valence-electron chi connectivity index (χ4n) is 1.67. The summed E-state index contributed by atoms with van der Waals surface area (Å²) in [6.07, 6.45) is 0.557. The van der Waals surface area contributed by atoms with Crippen molar-refractivity contribution in [2.45, 2.75) is 32.3 Å². The summed E-state index contributed by atoms with van der Waals surface area (Å²) in [5, 5.41) is 0. The van der Waals surface area contributed by atoms with Gasteiger partial charge >= 0.3 is 0 Å². The molecule has 0 aromatic rings. The van der Waals surface area contributed by atoms with Crippen LogP contribution < -0.4 is 0 Å². The summed E-state index contributed by atoms with van der Waals surface area (Å²) in [5.41, 5.74) is 0. The Kier molecular flexibility index (Phi) is 3.84. The summed E-state index contributed by atoms with van der Waals surface area (Å²) in [7, 11) is 1.73. The average molecular weight is 207 g/mol. The molecule has 0 spiro atoms. The third-order valence-corrected chi connectivity index (χ3v) is 2.57. The largest absolute Gasteiger partial charge is 0.378 e. The molecule has 1 atom stereocenters. The zero-order valence-electron chi connectivity index (χ0n) is 9.09. The van der Waals surface area contributed by atoms with Crippen LogP contribution in [0, 0.1) is 5.92 Å². The first-order valence-corrected chi connectivity index (χ1v) is 5.10. The average Bonchev–Trinajstić information content (AvgIpc) is 2.00. The topological polar surface area (TPSA) is 12.5 Å². The minimum absolute atomic E-state index is 0.0328. The predicted molar refractivity (Wildman–Crippen MR) is 51.6 cm³/mol. The summed E-state index contributed by atoms with van der Waals surface area (Å²) in [6.45, 7) is 4.51. The quantitative estimate of drug-likeness (QED) is 0.701. The van der Waals surface area contributed by atoms with E-state index in [1.807, 2.05) is 13.8 Å². The van der Waals surface area contributed by atoms with Gasteiger partial charge in [0.25, 0.3) is 5.92 Å². The molecule has 0 bridgehead atoms. The van der Waals surface area contributed by atoms with E-state index >= 15 is 0 Å². The van der Waals surface area contributed by atoms with Gasteiger partial charge in [-0.25, -0.2) is 8.78 Å². The van der Waals surface area contributed by atoms with Gasteiger partial charge in [-0.3, -0.25) is 0 Å². The Labute approximate surface area is 84.2 Å². The van der Waals surface area contributed by atoms with Crippen molar-refractivity contribution in [2.75, 3.05) is 26.7 Å². The number of ether oxygens (including phenoxy) is 1. The zero-order chi connectivity index (χ0) is 10.8. The zero-order valence-corrected chi connectivity index (χ0v) is 9.09. The molecule has 1 aliphatic rings. The monoisotopic (exact) mass is 207 g/mol. The van der Waals surface area contributed by atoms with Gasteiger partial charge < -0.3 is 9.64 Å². The van der Waals surface area contributed by atoms with Gasteiger partial charge in [-0.05, 0) is 33.9 Å². The van der Waals surface area contributed by atoms with Crippen LogP contribution in [0.5, 0.6) is 0 Å². The Morgan fingerprint density at radius 1 is 1.50 bits per heavy atom. The van der Waals surface area contributed by atoms with Crippen molar-refractivity contribution < 1.29 is 13.5 Å². The molecule has 0 aromatic carbocycles. The molecule has 0 saturated carbocycles. The second kappa shape index (κ2) is 4.53. The number of halogens is 2. The van der Waals surface area contributed by atoms with Gasteiger partial charge in [0, 0.05) is 5.92 Å². The Hall–Kier alpha value is -0.220. The van der Waals surface area contributed by atoms with E-state index in [2.05, 4.69) is 0 Å². The number of likely N-dealkylation sites (tertiary alicyclic amines) is 1. The van der Waals surface area contributed by atoms with Gasteiger partial charge in [0.2, 0.25) is 0 Å². The highest BCUT2D eigenvalue weighted by Gasteiger charge is 2.43. The van der Waals surface area contributed by atoms with E-state index < -0.39 is 11.8 Å². The molecule has 1 fully saturated rings. The Bertz CT molecular complexity index is 185. The van der Waals surface area contributed by atoms with E-state index in [4.69, 9.17) is 4.74 Å². The molecule has 4 heteroatoms. The van der Waals surface area contributed by atoms with E-state index in [-0.39, 0.29) is 19.3 Å². The van der Waals surface area contributed by atoms with Crippen molar-refractivity contribution >= 4 is 0 Å². The lowest BCUT2D eigenvalue weighted by atomic mass is 9.94. The fourth-order valence-corrected chi connectivity index (χ4v) is 1.67. The van der Waals surface area contributed by atoms with Crippen LogP contribution in [0.25, 0.3) is 0 Å². The maximum atomic E-state index is 13.4. The van der Waals surface area contributed by atoms with Crippen LogP contribution in [0.4, 0.5) is 8.78 Å². The van der Waals surface area contributed by atoms with E-state index in [9.17, 15) is 8.78 Å². The van der Waals surface area contributed by atoms with Crippen molar-refractivity contribution in [2.24, 2.45) is 5.92 Å². The van der Waals surface area contributed by atoms with Crippen LogP contribution in [-0.2, 0) is 4.74 Å². The highest BCUT2D eigenvalue weighted by atomic mass is 19.3. The lowest BCUT2D eigenvalue weighted by molar-refractivity contribution is -0.132. The Balaban J connectivity index is 2.43. The second-order valence-electron chi connectivity index (χ2n) is 4.37. The highest BCUT2D eigenvalue weighted by molar-refractivity contribution is 4.85. The molecule has 0 aromatic heterocycles. The summed E-state index contributed by atoms with van der Waals surface area (Å²) >= 11 is 0. The molecule has 2 nitrogen and oxygen atoms in total. The number of hydrogen-bond acceptors (Lipinski definition) is 2. The summed E-state index contributed by atoms with van der Waals surface area (Å²) in [4.78, 5) is 1.67. The molecule has 84 valence electrons. The smallest absolute Gasteiger partial charge is 0.265 e. The molecule has 1 rings (SSSR count). The molecule has 14 heavy (non-hydrogen) atoms. The lowest BCUT2D eigenvalue weighted by Gasteiger charge is -2.36. The molecule has 1 heterocycles. The van der Waals surface area contributed by atoms with E-state index in [0.29, 0.717) is 6.42 Å². The van der Waals surface area contributed by atoms with Crippen LogP contribution >= 0.6 is 0 Å². The third-order valence-electron chi connectivity index (χ3n) is 2.57. The normalized spacial score (nSPS) is 28.3. The molecule has 1 aliphatic heterocycles. The van der Waals surface area contributed by atoms with Crippen LogP contribution in [0.3, 0.4) is 0 Å². The Morgan fingerprint density at radius 3 is 2.64 bits per heavy atom. The van der Waals surface area contributed by atoms with Gasteiger partial charge in [-0.15, -0.1) is 0 Å². The molecule has 0 aliphatic carbocycles. The lowest BCUT2D eigenvalue weighted by Crippen LogP contribution is -2.48. The predicted octanol–water partition coefficient (Wildman–Crippen LogP) is 2.00. The molecule has 0 N–H and O–H groups in total. The molecule has 0 radical (unpaired) electrons. The van der Waals surface area contributed by atoms with Crippen molar-refractivity contribution in [3.63, 3.8) is 0 Å². The van der Waals surface area contributed by atoms with Crippen molar-refractivity contribution in [1.29, 1.82) is 0 Å². The fraction of sp³-hybridized carbons (Fsp3) is 1.00. The molecule has 1 unspecified atom stereocenters. The highest BCUT2D eigenvalue weighted by Crippen LogP contribution is 2.32. The van der Waals surface area contributed by atoms with Crippen molar-refractivity contribution in [1.82, 2.24) is 4.90 Å². The minimum atomic E-state index is -2.60. The summed E-state index contributed by atoms with van der Waals surface area (Å²) < 4.78 is 32.1. The van der Waals surface area contributed by atoms with Gasteiger partial charge in [-0.2, -0.15) is 0 Å². The van der Waals surface area contributed by atoms with Gasteiger partial charge in [-0.1, -0.05) is 0 Å². The van der Waals surface area contributed by atoms with Crippen LogP contribution in [0.15, 0.2) is 0 Å². The van der Waals surface area contributed by atoms with E-state index in [1.54, 1.807) is 11.9 Å². The Morgan fingerprint density at radius 2 is 2.14 bits per heavy atom. The molecular weight excluding hydrogens is 188 g/mol. The SMILES string of the molecule is CC(C)OCC1CCN(C)CC1(F)F. The number of piperidine rings is 1. The first-order chi connectivity index (χ1) is 6.42. The first-order valence-electron chi connectivity index (χ1n) is 5.10. The second-order valence-corrected chi connectivity index (χ2v) is 4.37. The van der Waals surface area contributed by atoms with Crippen LogP contribution in [-0.4, -0.2) is 43.7 Å². The van der Waals surface area contributed by atoms with Gasteiger partial charge in [0.05, 0.1) is 19.3 Å². The van der Waals surface area contributed by atoms with Gasteiger partial charge in [0.1, 0.15) is 0 Å². The van der Waals surface area contributed by atoms with Crippen molar-refractivity contribution in [3.05, 3.63) is 0 Å². The maximum absolute atomic E-state index is 13.4.